The first kappa shape index (κ1) is 15.1. The number of rotatable bonds is 3. The van der Waals surface area contributed by atoms with Crippen LogP contribution < -0.4 is 0 Å². The molecule has 0 aromatic heterocycles. The maximum atomic E-state index is 10.8. The van der Waals surface area contributed by atoms with Gasteiger partial charge in [0.2, 0.25) is 0 Å². The van der Waals surface area contributed by atoms with Gasteiger partial charge in [-0.2, -0.15) is 0 Å². The van der Waals surface area contributed by atoms with Gasteiger partial charge in [-0.1, -0.05) is 33.8 Å². The Morgan fingerprint density at radius 1 is 0.933 bits per heavy atom. The second kappa shape index (κ2) is 6.67. The van der Waals surface area contributed by atoms with Crippen molar-refractivity contribution in [1.29, 1.82) is 0 Å². The number of carbonyl (C=O) groups excluding carboxylic acids is 1. The van der Waals surface area contributed by atoms with Gasteiger partial charge in [-0.25, -0.2) is 0 Å². The molecule has 2 heteroatoms. The van der Waals surface area contributed by atoms with Crippen LogP contribution in [0.2, 0.25) is 0 Å². The second-order valence-electron chi connectivity index (χ2n) is 4.36. The average molecular weight is 230 g/mol. The monoisotopic (exact) mass is 230 g/mol. The third-order valence-corrected chi connectivity index (χ3v) is 2.47. The zero-order valence-corrected chi connectivity index (χ0v) is 10.4. The van der Waals surface area contributed by atoms with Crippen LogP contribution in [0.3, 0.4) is 0 Å². The molecule has 0 radical (unpaired) electrons. The molecule has 0 unspecified atom stereocenters. The number of hydrogen-bond acceptors (Lipinski definition) is 1. The summed E-state index contributed by atoms with van der Waals surface area (Å²) in [5, 5.41) is 0. The Bertz CT molecular complexity index is 303. The number of carbonyl (C=O) groups is 1. The molecule has 0 saturated carbocycles. The van der Waals surface area contributed by atoms with Gasteiger partial charge in [0.25, 0.3) is 0 Å². The molecule has 0 bridgehead atoms. The Balaban J connectivity index is 0.00000196. The minimum Gasteiger partial charge on any atom is -0.298 e. The normalized spacial score (nSPS) is 10.3. The van der Waals surface area contributed by atoms with Crippen molar-refractivity contribution < 1.29 is 42.5 Å². The van der Waals surface area contributed by atoms with Gasteiger partial charge in [-0.3, -0.25) is 4.79 Å². The first-order valence-electron chi connectivity index (χ1n) is 5.14. The van der Waals surface area contributed by atoms with E-state index in [9.17, 15) is 4.79 Å². The van der Waals surface area contributed by atoms with Gasteiger partial charge in [-0.15, -0.1) is 0 Å². The Hall–Kier alpha value is 0.150. The van der Waals surface area contributed by atoms with E-state index in [2.05, 4.69) is 33.8 Å². The van der Waals surface area contributed by atoms with Crippen LogP contribution in [-0.4, -0.2) is 6.29 Å². The van der Waals surface area contributed by atoms with Gasteiger partial charge in [0.05, 0.1) is 0 Å². The molecule has 0 aliphatic rings. The van der Waals surface area contributed by atoms with Crippen molar-refractivity contribution in [2.45, 2.75) is 39.5 Å². The molecule has 0 atom stereocenters. The molecule has 0 aliphatic carbocycles. The largest absolute Gasteiger partial charge is 0.298 e. The Labute approximate surface area is 122 Å². The predicted molar refractivity (Wildman–Crippen MR) is 60.0 cm³/mol. The fourth-order valence-electron chi connectivity index (χ4n) is 1.44. The first-order chi connectivity index (χ1) is 6.54. The molecule has 0 aliphatic heterocycles. The summed E-state index contributed by atoms with van der Waals surface area (Å²) in [7, 11) is 0. The van der Waals surface area contributed by atoms with Crippen LogP contribution in [0.5, 0.6) is 0 Å². The van der Waals surface area contributed by atoms with Gasteiger partial charge in [-0.05, 0) is 35.1 Å². The summed E-state index contributed by atoms with van der Waals surface area (Å²) in [6.07, 6.45) is 0.928. The van der Waals surface area contributed by atoms with Gasteiger partial charge in [0.15, 0.2) is 0 Å². The molecule has 84 valence electrons. The molecule has 15 heavy (non-hydrogen) atoms. The molecule has 0 spiro atoms. The first-order valence-corrected chi connectivity index (χ1v) is 5.14. The smallest absolute Gasteiger partial charge is 0.150 e. The van der Waals surface area contributed by atoms with Gasteiger partial charge >= 0.3 is 0 Å². The van der Waals surface area contributed by atoms with E-state index in [0.717, 1.165) is 11.8 Å². The zero-order chi connectivity index (χ0) is 10.7. The number of hydrogen-bond donors (Lipinski definition) is 0. The molecule has 0 fully saturated rings. The summed E-state index contributed by atoms with van der Waals surface area (Å²) in [5.41, 5.74) is 3.29. The third-order valence-electron chi connectivity index (χ3n) is 2.47. The maximum Gasteiger partial charge on any atom is 0.150 e. The number of aldehydes is 1. The standard InChI is InChI=1S/C13H18O.Ar/c1-9(2)12-5-11(8-14)6-13(7-12)10(3)4;/h5-10H,1-4H3;. The maximum absolute atomic E-state index is 10.8. The van der Waals surface area contributed by atoms with Crippen LogP contribution in [-0.2, 0) is 0 Å². The molecule has 1 aromatic rings. The fourth-order valence-corrected chi connectivity index (χ4v) is 1.44. The van der Waals surface area contributed by atoms with Gasteiger partial charge < -0.3 is 0 Å². The Morgan fingerprint density at radius 2 is 1.33 bits per heavy atom. The van der Waals surface area contributed by atoms with Crippen LogP contribution in [0.15, 0.2) is 18.2 Å². The van der Waals surface area contributed by atoms with Crippen molar-refractivity contribution in [2.75, 3.05) is 0 Å². The summed E-state index contributed by atoms with van der Waals surface area (Å²) >= 11 is 0. The van der Waals surface area contributed by atoms with Crippen LogP contribution in [0.1, 0.15) is 61.0 Å². The minimum absolute atomic E-state index is 0. The topological polar surface area (TPSA) is 17.1 Å². The molecule has 0 N–H and O–H groups in total. The van der Waals surface area contributed by atoms with E-state index in [-0.39, 0.29) is 37.7 Å². The summed E-state index contributed by atoms with van der Waals surface area (Å²) < 4.78 is 0. The molecular formula is C13H18ArO. The quantitative estimate of drug-likeness (QED) is 0.723. The van der Waals surface area contributed by atoms with E-state index in [1.807, 2.05) is 12.1 Å². The Morgan fingerprint density at radius 3 is 1.60 bits per heavy atom. The zero-order valence-electron chi connectivity index (χ0n) is 9.73. The van der Waals surface area contributed by atoms with Crippen molar-refractivity contribution in [3.63, 3.8) is 0 Å². The molecule has 0 heterocycles. The van der Waals surface area contributed by atoms with Crippen LogP contribution in [0.25, 0.3) is 0 Å². The molecule has 0 amide bonds. The summed E-state index contributed by atoms with van der Waals surface area (Å²) in [6.45, 7) is 8.59. The van der Waals surface area contributed by atoms with E-state index in [0.29, 0.717) is 11.8 Å². The van der Waals surface area contributed by atoms with E-state index in [1.54, 1.807) is 0 Å². The summed E-state index contributed by atoms with van der Waals surface area (Å²) in [5.74, 6) is 0.958. The van der Waals surface area contributed by atoms with Crippen molar-refractivity contribution in [3.05, 3.63) is 34.9 Å². The second-order valence-corrected chi connectivity index (χ2v) is 4.36. The predicted octanol–water partition coefficient (Wildman–Crippen LogP) is 3.75. The minimum atomic E-state index is 0. The third kappa shape index (κ3) is 4.26. The van der Waals surface area contributed by atoms with Crippen molar-refractivity contribution in [2.24, 2.45) is 0 Å². The van der Waals surface area contributed by atoms with Crippen molar-refractivity contribution in [1.82, 2.24) is 0 Å². The molecule has 1 nitrogen and oxygen atoms in total. The van der Waals surface area contributed by atoms with Crippen molar-refractivity contribution >= 4 is 6.29 Å². The molecule has 1 aromatic carbocycles. The SMILES string of the molecule is CC(C)c1cc(C=O)cc(C(C)C)c1.[Ar]. The van der Waals surface area contributed by atoms with E-state index in [1.165, 1.54) is 11.1 Å². The van der Waals surface area contributed by atoms with Gasteiger partial charge in [0, 0.05) is 43.3 Å². The van der Waals surface area contributed by atoms with Crippen LogP contribution >= 0.6 is 0 Å². The molecule has 1 rings (SSSR count). The number of benzene rings is 1. The van der Waals surface area contributed by atoms with E-state index in [4.69, 9.17) is 0 Å². The Kier molecular flexibility index (Phi) is 6.74. The van der Waals surface area contributed by atoms with E-state index < -0.39 is 0 Å². The van der Waals surface area contributed by atoms with Crippen LogP contribution in [0, 0.1) is 37.7 Å². The van der Waals surface area contributed by atoms with Crippen molar-refractivity contribution in [3.8, 4) is 0 Å². The summed E-state index contributed by atoms with van der Waals surface area (Å²) in [4.78, 5) is 10.8. The van der Waals surface area contributed by atoms with Crippen LogP contribution in [0.4, 0.5) is 0 Å². The fraction of sp³-hybridized carbons (Fsp3) is 0.462. The van der Waals surface area contributed by atoms with E-state index >= 15 is 0 Å². The molecule has 0 saturated heterocycles. The average Bonchev–Trinajstić information content (AvgIpc) is 2.16. The molecular weight excluding hydrogens is 212 g/mol. The summed E-state index contributed by atoms with van der Waals surface area (Å²) in [6, 6.07) is 6.15. The van der Waals surface area contributed by atoms with Gasteiger partial charge in [0.1, 0.15) is 6.29 Å².